The highest BCUT2D eigenvalue weighted by molar-refractivity contribution is 6.20. The first-order valence-corrected chi connectivity index (χ1v) is 7.25. The zero-order chi connectivity index (χ0) is 16.5. The summed E-state index contributed by atoms with van der Waals surface area (Å²) in [7, 11) is 0. The Labute approximate surface area is 136 Å². The van der Waals surface area contributed by atoms with Crippen LogP contribution in [0.2, 0.25) is 0 Å². The minimum absolute atomic E-state index is 0.00199. The van der Waals surface area contributed by atoms with Crippen LogP contribution in [0.25, 0.3) is 11.6 Å². The number of nitrogens with one attached hydrogen (secondary N) is 1. The van der Waals surface area contributed by atoms with Crippen molar-refractivity contribution in [3.63, 3.8) is 0 Å². The summed E-state index contributed by atoms with van der Waals surface area (Å²) in [6.07, 6.45) is 5.04. The Morgan fingerprint density at radius 2 is 2.00 bits per heavy atom. The van der Waals surface area contributed by atoms with Gasteiger partial charge in [0, 0.05) is 35.3 Å². The number of furan rings is 1. The van der Waals surface area contributed by atoms with Crippen molar-refractivity contribution in [3.8, 4) is 5.75 Å². The number of benzene rings is 1. The number of fused-ring (bicyclic) bond motifs is 1. The lowest BCUT2D eigenvalue weighted by Gasteiger charge is -2.01. The summed E-state index contributed by atoms with van der Waals surface area (Å²) >= 11 is 0. The predicted octanol–water partition coefficient (Wildman–Crippen LogP) is 4.52. The Kier molecular flexibility index (Phi) is 3.35. The number of halogens is 1. The third kappa shape index (κ3) is 2.65. The first kappa shape index (κ1) is 14.2. The molecule has 0 saturated carbocycles. The summed E-state index contributed by atoms with van der Waals surface area (Å²) in [5.41, 5.74) is 2.33. The molecule has 0 spiro atoms. The number of rotatable bonds is 3. The minimum Gasteiger partial charge on any atom is -0.504 e. The molecule has 0 amide bonds. The maximum atomic E-state index is 12.9. The molecule has 5 nitrogen and oxygen atoms in total. The van der Waals surface area contributed by atoms with Crippen LogP contribution in [0.1, 0.15) is 11.3 Å². The molecule has 4 rings (SSSR count). The van der Waals surface area contributed by atoms with Gasteiger partial charge in [-0.3, -0.25) is 0 Å². The fourth-order valence-electron chi connectivity index (χ4n) is 2.42. The number of nitrogens with zero attached hydrogens (tertiary/aromatic N) is 2. The SMILES string of the molecule is Oc1cc(Nc2ccc(F)cc2)oc1C=C1C=Nc2ncccc21. The van der Waals surface area contributed by atoms with Gasteiger partial charge < -0.3 is 14.8 Å². The lowest BCUT2D eigenvalue weighted by atomic mass is 10.1. The third-order valence-electron chi connectivity index (χ3n) is 3.56. The van der Waals surface area contributed by atoms with Gasteiger partial charge in [-0.15, -0.1) is 0 Å². The van der Waals surface area contributed by atoms with Crippen LogP contribution in [-0.2, 0) is 0 Å². The first-order chi connectivity index (χ1) is 11.7. The second-order valence-electron chi connectivity index (χ2n) is 5.22. The topological polar surface area (TPSA) is 70.7 Å². The summed E-state index contributed by atoms with van der Waals surface area (Å²) in [6, 6.07) is 11.0. The first-order valence-electron chi connectivity index (χ1n) is 7.25. The number of pyridine rings is 1. The quantitative estimate of drug-likeness (QED) is 0.744. The Morgan fingerprint density at radius 3 is 2.83 bits per heavy atom. The van der Waals surface area contributed by atoms with Gasteiger partial charge in [0.1, 0.15) is 5.82 Å². The van der Waals surface area contributed by atoms with Gasteiger partial charge >= 0.3 is 0 Å². The molecule has 118 valence electrons. The van der Waals surface area contributed by atoms with E-state index < -0.39 is 0 Å². The number of allylic oxidation sites excluding steroid dienone is 1. The van der Waals surface area contributed by atoms with E-state index in [1.54, 1.807) is 30.6 Å². The summed E-state index contributed by atoms with van der Waals surface area (Å²) in [4.78, 5) is 8.38. The Bertz CT molecular complexity index is 959. The number of hydrogen-bond donors (Lipinski definition) is 2. The molecule has 2 aromatic heterocycles. The van der Waals surface area contributed by atoms with Crippen molar-refractivity contribution >= 4 is 35.3 Å². The number of hydrogen-bond acceptors (Lipinski definition) is 5. The van der Waals surface area contributed by atoms with Crippen LogP contribution >= 0.6 is 0 Å². The zero-order valence-corrected chi connectivity index (χ0v) is 12.4. The van der Waals surface area contributed by atoms with Crippen LogP contribution in [0, 0.1) is 5.82 Å². The highest BCUT2D eigenvalue weighted by Crippen LogP contribution is 2.34. The monoisotopic (exact) mass is 321 g/mol. The average Bonchev–Trinajstić information content (AvgIpc) is 3.14. The normalized spacial score (nSPS) is 14.1. The van der Waals surface area contributed by atoms with Crippen molar-refractivity contribution in [1.82, 2.24) is 4.98 Å². The van der Waals surface area contributed by atoms with Crippen molar-refractivity contribution in [2.75, 3.05) is 5.32 Å². The molecule has 1 aliphatic rings. The van der Waals surface area contributed by atoms with Gasteiger partial charge in [-0.05, 0) is 42.5 Å². The molecule has 0 unspecified atom stereocenters. The predicted molar refractivity (Wildman–Crippen MR) is 90.3 cm³/mol. The average molecular weight is 321 g/mol. The second kappa shape index (κ2) is 5.66. The Balaban J connectivity index is 1.62. The van der Waals surface area contributed by atoms with Gasteiger partial charge in [-0.2, -0.15) is 0 Å². The summed E-state index contributed by atoms with van der Waals surface area (Å²) in [5.74, 6) is 0.975. The molecule has 0 fully saturated rings. The highest BCUT2D eigenvalue weighted by Gasteiger charge is 2.15. The molecule has 0 aliphatic carbocycles. The van der Waals surface area contributed by atoms with E-state index in [-0.39, 0.29) is 11.6 Å². The van der Waals surface area contributed by atoms with Crippen molar-refractivity contribution < 1.29 is 13.9 Å². The number of anilines is 2. The maximum absolute atomic E-state index is 12.9. The van der Waals surface area contributed by atoms with Gasteiger partial charge in [0.2, 0.25) is 5.88 Å². The molecule has 2 N–H and O–H groups in total. The summed E-state index contributed by atoms with van der Waals surface area (Å²) < 4.78 is 18.5. The van der Waals surface area contributed by atoms with E-state index in [2.05, 4.69) is 15.3 Å². The van der Waals surface area contributed by atoms with Crippen molar-refractivity contribution in [2.24, 2.45) is 4.99 Å². The molecule has 0 bridgehead atoms. The molecule has 0 radical (unpaired) electrons. The molecule has 3 heterocycles. The molecule has 1 aliphatic heterocycles. The summed E-state index contributed by atoms with van der Waals surface area (Å²) in [5, 5.41) is 13.0. The van der Waals surface area contributed by atoms with Gasteiger partial charge in [0.25, 0.3) is 0 Å². The van der Waals surface area contributed by atoms with Crippen LogP contribution in [0.5, 0.6) is 5.75 Å². The molecular formula is C18H12FN3O2. The molecule has 6 heteroatoms. The standard InChI is InChI=1S/C18H12FN3O2/c19-12-3-5-13(6-4-12)22-17-9-15(23)16(24-17)8-11-10-21-18-14(11)2-1-7-20-18/h1-10,22-23H. The fraction of sp³-hybridized carbons (Fsp3) is 0. The van der Waals surface area contributed by atoms with E-state index in [0.717, 1.165) is 11.1 Å². The molecule has 1 aromatic carbocycles. The van der Waals surface area contributed by atoms with Crippen molar-refractivity contribution in [2.45, 2.75) is 0 Å². The molecule has 0 saturated heterocycles. The van der Waals surface area contributed by atoms with E-state index >= 15 is 0 Å². The molecule has 0 atom stereocenters. The van der Waals surface area contributed by atoms with E-state index in [9.17, 15) is 9.50 Å². The maximum Gasteiger partial charge on any atom is 0.201 e. The lowest BCUT2D eigenvalue weighted by Crippen LogP contribution is -1.87. The third-order valence-corrected chi connectivity index (χ3v) is 3.56. The van der Waals surface area contributed by atoms with E-state index in [4.69, 9.17) is 4.42 Å². The molecule has 3 aromatic rings. The molecular weight excluding hydrogens is 309 g/mol. The van der Waals surface area contributed by atoms with Crippen molar-refractivity contribution in [3.05, 3.63) is 65.8 Å². The van der Waals surface area contributed by atoms with Crippen LogP contribution < -0.4 is 5.32 Å². The smallest absolute Gasteiger partial charge is 0.201 e. The Morgan fingerprint density at radius 1 is 1.17 bits per heavy atom. The van der Waals surface area contributed by atoms with Crippen LogP contribution in [0.4, 0.5) is 21.8 Å². The fourth-order valence-corrected chi connectivity index (χ4v) is 2.42. The van der Waals surface area contributed by atoms with Crippen LogP contribution in [-0.4, -0.2) is 16.3 Å². The van der Waals surface area contributed by atoms with Crippen molar-refractivity contribution in [1.29, 1.82) is 0 Å². The molecule has 24 heavy (non-hydrogen) atoms. The largest absolute Gasteiger partial charge is 0.504 e. The van der Waals surface area contributed by atoms with Gasteiger partial charge in [-0.1, -0.05) is 0 Å². The number of aliphatic imine (C=N–C) groups is 1. The minimum atomic E-state index is -0.318. The van der Waals surface area contributed by atoms with Crippen LogP contribution in [0.15, 0.2) is 58.1 Å². The van der Waals surface area contributed by atoms with Gasteiger partial charge in [0.15, 0.2) is 17.3 Å². The summed E-state index contributed by atoms with van der Waals surface area (Å²) in [6.45, 7) is 0. The number of aromatic hydroxyl groups is 1. The lowest BCUT2D eigenvalue weighted by molar-refractivity contribution is 0.456. The van der Waals surface area contributed by atoms with E-state index in [0.29, 0.717) is 23.1 Å². The second-order valence-corrected chi connectivity index (χ2v) is 5.22. The van der Waals surface area contributed by atoms with Gasteiger partial charge in [-0.25, -0.2) is 14.4 Å². The Hall–Kier alpha value is -3.41. The van der Waals surface area contributed by atoms with Gasteiger partial charge in [0.05, 0.1) is 0 Å². The van der Waals surface area contributed by atoms with E-state index in [1.165, 1.54) is 18.2 Å². The zero-order valence-electron chi connectivity index (χ0n) is 12.4. The number of aromatic nitrogens is 1. The van der Waals surface area contributed by atoms with Crippen LogP contribution in [0.3, 0.4) is 0 Å². The highest BCUT2D eigenvalue weighted by atomic mass is 19.1. The van der Waals surface area contributed by atoms with E-state index in [1.807, 2.05) is 12.1 Å².